The third-order valence-corrected chi connectivity index (χ3v) is 4.17. The standard InChI is InChI=1S/C16H16N6O2/c23-15(19-12-5-1-6-13-14(12)21-24-20-13)11-4-2-9-22(10-11)16-17-7-3-8-18-16/h1,3,5-8,11H,2,4,9-10H2,(H,19,23). The Hall–Kier alpha value is -3.03. The fraction of sp³-hybridized carbons (Fsp3) is 0.312. The van der Waals surface area contributed by atoms with Crippen LogP contribution < -0.4 is 10.2 Å². The highest BCUT2D eigenvalue weighted by Gasteiger charge is 2.27. The second-order valence-corrected chi connectivity index (χ2v) is 5.76. The first-order valence-corrected chi connectivity index (χ1v) is 7.85. The maximum atomic E-state index is 12.7. The Balaban J connectivity index is 1.49. The summed E-state index contributed by atoms with van der Waals surface area (Å²) in [7, 11) is 0. The van der Waals surface area contributed by atoms with E-state index in [2.05, 4.69) is 25.6 Å². The minimum atomic E-state index is -0.127. The van der Waals surface area contributed by atoms with Gasteiger partial charge in [-0.3, -0.25) is 4.79 Å². The molecule has 8 nitrogen and oxygen atoms in total. The maximum Gasteiger partial charge on any atom is 0.229 e. The van der Waals surface area contributed by atoms with Gasteiger partial charge in [0.2, 0.25) is 11.9 Å². The summed E-state index contributed by atoms with van der Waals surface area (Å²) in [4.78, 5) is 23.2. The van der Waals surface area contributed by atoms with E-state index in [0.717, 1.165) is 19.4 Å². The number of rotatable bonds is 3. The third kappa shape index (κ3) is 2.78. The summed E-state index contributed by atoms with van der Waals surface area (Å²) in [5.41, 5.74) is 1.80. The van der Waals surface area contributed by atoms with Crippen LogP contribution in [0.3, 0.4) is 0 Å². The van der Waals surface area contributed by atoms with E-state index in [9.17, 15) is 4.79 Å². The molecule has 1 atom stereocenters. The molecule has 1 fully saturated rings. The van der Waals surface area contributed by atoms with Gasteiger partial charge in [0.1, 0.15) is 5.52 Å². The summed E-state index contributed by atoms with van der Waals surface area (Å²) in [6, 6.07) is 7.18. The summed E-state index contributed by atoms with van der Waals surface area (Å²) < 4.78 is 4.73. The molecular formula is C16H16N6O2. The van der Waals surface area contributed by atoms with Gasteiger partial charge in [-0.15, -0.1) is 0 Å². The molecule has 3 aromatic rings. The zero-order valence-corrected chi connectivity index (χ0v) is 12.9. The molecule has 1 N–H and O–H groups in total. The molecule has 0 spiro atoms. The molecule has 1 aliphatic rings. The maximum absolute atomic E-state index is 12.7. The lowest BCUT2D eigenvalue weighted by Crippen LogP contribution is -2.41. The average Bonchev–Trinajstić information content (AvgIpc) is 3.12. The molecule has 1 amide bonds. The second-order valence-electron chi connectivity index (χ2n) is 5.76. The van der Waals surface area contributed by atoms with Gasteiger partial charge in [-0.05, 0) is 41.4 Å². The van der Waals surface area contributed by atoms with Crippen molar-refractivity contribution in [2.24, 2.45) is 5.92 Å². The van der Waals surface area contributed by atoms with Crippen molar-refractivity contribution in [1.82, 2.24) is 20.3 Å². The van der Waals surface area contributed by atoms with Crippen LogP contribution in [0, 0.1) is 5.92 Å². The number of benzene rings is 1. The van der Waals surface area contributed by atoms with Crippen molar-refractivity contribution < 1.29 is 9.42 Å². The highest BCUT2D eigenvalue weighted by molar-refractivity contribution is 6.00. The molecule has 0 bridgehead atoms. The van der Waals surface area contributed by atoms with Gasteiger partial charge < -0.3 is 10.2 Å². The summed E-state index contributed by atoms with van der Waals surface area (Å²) in [6.45, 7) is 1.46. The second kappa shape index (κ2) is 6.23. The first-order chi connectivity index (χ1) is 11.8. The van der Waals surface area contributed by atoms with Gasteiger partial charge >= 0.3 is 0 Å². The topological polar surface area (TPSA) is 97.0 Å². The third-order valence-electron chi connectivity index (χ3n) is 4.17. The SMILES string of the molecule is O=C(Nc1cccc2nonc12)C1CCCN(c2ncccn2)C1. The lowest BCUT2D eigenvalue weighted by Gasteiger charge is -2.31. The van der Waals surface area contributed by atoms with Gasteiger partial charge in [0.25, 0.3) is 0 Å². The molecule has 1 unspecified atom stereocenters. The molecule has 1 aliphatic heterocycles. The zero-order chi connectivity index (χ0) is 16.4. The minimum absolute atomic E-state index is 0.0360. The molecule has 2 aromatic heterocycles. The van der Waals surface area contributed by atoms with E-state index in [1.807, 2.05) is 11.0 Å². The zero-order valence-electron chi connectivity index (χ0n) is 12.9. The molecule has 0 radical (unpaired) electrons. The number of nitrogens with zero attached hydrogens (tertiary/aromatic N) is 5. The fourth-order valence-corrected chi connectivity index (χ4v) is 2.97. The Morgan fingerprint density at radius 2 is 2.08 bits per heavy atom. The number of hydrogen-bond donors (Lipinski definition) is 1. The Morgan fingerprint density at radius 1 is 1.21 bits per heavy atom. The first kappa shape index (κ1) is 14.6. The van der Waals surface area contributed by atoms with Crippen LogP contribution in [0.2, 0.25) is 0 Å². The molecule has 0 saturated carbocycles. The number of hydrogen-bond acceptors (Lipinski definition) is 7. The Morgan fingerprint density at radius 3 is 2.96 bits per heavy atom. The highest BCUT2D eigenvalue weighted by atomic mass is 16.6. The number of amides is 1. The largest absolute Gasteiger partial charge is 0.340 e. The van der Waals surface area contributed by atoms with Crippen LogP contribution in [-0.4, -0.2) is 39.3 Å². The molecule has 122 valence electrons. The summed E-state index contributed by atoms with van der Waals surface area (Å²) in [6.07, 6.45) is 5.18. The summed E-state index contributed by atoms with van der Waals surface area (Å²) >= 11 is 0. The fourth-order valence-electron chi connectivity index (χ4n) is 2.97. The van der Waals surface area contributed by atoms with E-state index >= 15 is 0 Å². The quantitative estimate of drug-likeness (QED) is 0.785. The number of nitrogens with one attached hydrogen (secondary N) is 1. The summed E-state index contributed by atoms with van der Waals surface area (Å²) in [5.74, 6) is 0.501. The van der Waals surface area contributed by atoms with Crippen molar-refractivity contribution in [3.05, 3.63) is 36.7 Å². The van der Waals surface area contributed by atoms with E-state index in [1.165, 1.54) is 0 Å². The van der Waals surface area contributed by atoms with Crippen LogP contribution >= 0.6 is 0 Å². The van der Waals surface area contributed by atoms with Crippen LogP contribution in [-0.2, 0) is 4.79 Å². The van der Waals surface area contributed by atoms with E-state index < -0.39 is 0 Å². The van der Waals surface area contributed by atoms with E-state index in [-0.39, 0.29) is 11.8 Å². The number of anilines is 2. The van der Waals surface area contributed by atoms with E-state index in [1.54, 1.807) is 30.6 Å². The lowest BCUT2D eigenvalue weighted by molar-refractivity contribution is -0.120. The normalized spacial score (nSPS) is 17.8. The number of fused-ring (bicyclic) bond motifs is 1. The lowest BCUT2D eigenvalue weighted by atomic mass is 9.97. The highest BCUT2D eigenvalue weighted by Crippen LogP contribution is 2.24. The van der Waals surface area contributed by atoms with Crippen LogP contribution in [0.4, 0.5) is 11.6 Å². The van der Waals surface area contributed by atoms with Crippen LogP contribution in [0.1, 0.15) is 12.8 Å². The Kier molecular flexibility index (Phi) is 3.78. The predicted octanol–water partition coefficient (Wildman–Crippen LogP) is 1.87. The van der Waals surface area contributed by atoms with Crippen LogP contribution in [0.15, 0.2) is 41.3 Å². The number of carbonyl (C=O) groups excluding carboxylic acids is 1. The van der Waals surface area contributed by atoms with Gasteiger partial charge in [-0.1, -0.05) is 6.07 Å². The van der Waals surface area contributed by atoms with E-state index in [0.29, 0.717) is 29.2 Å². The number of aromatic nitrogens is 4. The molecule has 0 aliphatic carbocycles. The number of carbonyl (C=O) groups is 1. The molecule has 24 heavy (non-hydrogen) atoms. The van der Waals surface area contributed by atoms with Crippen molar-refractivity contribution in [1.29, 1.82) is 0 Å². The van der Waals surface area contributed by atoms with Crippen molar-refractivity contribution >= 4 is 28.6 Å². The Bertz CT molecular complexity index is 850. The molecule has 1 saturated heterocycles. The van der Waals surface area contributed by atoms with Crippen molar-refractivity contribution in [2.75, 3.05) is 23.3 Å². The molecular weight excluding hydrogens is 308 g/mol. The van der Waals surface area contributed by atoms with E-state index in [4.69, 9.17) is 4.63 Å². The molecule has 3 heterocycles. The van der Waals surface area contributed by atoms with Crippen LogP contribution in [0.5, 0.6) is 0 Å². The number of piperidine rings is 1. The van der Waals surface area contributed by atoms with Crippen molar-refractivity contribution in [3.63, 3.8) is 0 Å². The first-order valence-electron chi connectivity index (χ1n) is 7.85. The van der Waals surface area contributed by atoms with Crippen LogP contribution in [0.25, 0.3) is 11.0 Å². The predicted molar refractivity (Wildman–Crippen MR) is 87.4 cm³/mol. The monoisotopic (exact) mass is 324 g/mol. The Labute approximate surface area is 137 Å². The van der Waals surface area contributed by atoms with Crippen molar-refractivity contribution in [2.45, 2.75) is 12.8 Å². The van der Waals surface area contributed by atoms with Gasteiger partial charge in [0, 0.05) is 25.5 Å². The molecule has 8 heteroatoms. The smallest absolute Gasteiger partial charge is 0.229 e. The van der Waals surface area contributed by atoms with Crippen molar-refractivity contribution in [3.8, 4) is 0 Å². The van der Waals surface area contributed by atoms with Gasteiger partial charge in [-0.2, -0.15) is 0 Å². The summed E-state index contributed by atoms with van der Waals surface area (Å²) in [5, 5.41) is 10.6. The molecule has 4 rings (SSSR count). The average molecular weight is 324 g/mol. The van der Waals surface area contributed by atoms with Gasteiger partial charge in [-0.25, -0.2) is 14.6 Å². The van der Waals surface area contributed by atoms with Gasteiger partial charge in [0.05, 0.1) is 11.6 Å². The molecule has 1 aromatic carbocycles. The van der Waals surface area contributed by atoms with Gasteiger partial charge in [0.15, 0.2) is 5.52 Å². The minimum Gasteiger partial charge on any atom is -0.340 e.